The Morgan fingerprint density at radius 2 is 2.00 bits per heavy atom. The maximum absolute atomic E-state index is 14.2. The van der Waals surface area contributed by atoms with Crippen molar-refractivity contribution in [2.24, 2.45) is 7.05 Å². The largest absolute Gasteiger partial charge is 0.379 e. The molecule has 1 amide bonds. The van der Waals surface area contributed by atoms with Gasteiger partial charge in [0.05, 0.1) is 23.3 Å². The van der Waals surface area contributed by atoms with Crippen molar-refractivity contribution >= 4 is 28.7 Å². The molecule has 2 aliphatic heterocycles. The van der Waals surface area contributed by atoms with Crippen LogP contribution in [0.5, 0.6) is 0 Å². The molecule has 0 bridgehead atoms. The average molecular weight is 452 g/mol. The summed E-state index contributed by atoms with van der Waals surface area (Å²) in [4.78, 5) is 14.3. The molecule has 0 saturated carbocycles. The lowest BCUT2D eigenvalue weighted by atomic mass is 9.86. The predicted octanol–water partition coefficient (Wildman–Crippen LogP) is 5.81. The zero-order chi connectivity index (χ0) is 23.3. The number of para-hydroxylation sites is 1. The minimum Gasteiger partial charge on any atom is -0.379 e. The molecule has 5 rings (SSSR count). The van der Waals surface area contributed by atoms with Gasteiger partial charge in [-0.25, -0.2) is 8.78 Å². The lowest BCUT2D eigenvalue weighted by Crippen LogP contribution is -2.28. The number of fused-ring (bicyclic) bond motifs is 2. The minimum atomic E-state index is -2.62. The van der Waals surface area contributed by atoms with E-state index in [2.05, 4.69) is 27.6 Å². The van der Waals surface area contributed by atoms with E-state index in [-0.39, 0.29) is 23.4 Å². The Morgan fingerprint density at radius 3 is 2.73 bits per heavy atom. The van der Waals surface area contributed by atoms with Crippen LogP contribution in [-0.2, 0) is 11.8 Å². The molecule has 0 saturated heterocycles. The summed E-state index contributed by atoms with van der Waals surface area (Å²) in [7, 11) is 1.78. The van der Waals surface area contributed by atoms with Crippen LogP contribution >= 0.6 is 0 Å². The summed E-state index contributed by atoms with van der Waals surface area (Å²) in [6.45, 7) is 4.80. The first-order valence-corrected chi connectivity index (χ1v) is 11.2. The Kier molecular flexibility index (Phi) is 5.31. The zero-order valence-electron chi connectivity index (χ0n) is 18.9. The first kappa shape index (κ1) is 21.4. The lowest BCUT2D eigenvalue weighted by molar-refractivity contribution is -0.116. The molecular weight excluding hydrogens is 424 g/mol. The fourth-order valence-electron chi connectivity index (χ4n) is 4.89. The van der Waals surface area contributed by atoms with Crippen LogP contribution < -0.4 is 15.5 Å². The van der Waals surface area contributed by atoms with E-state index in [1.165, 1.54) is 0 Å². The van der Waals surface area contributed by atoms with Gasteiger partial charge in [0.15, 0.2) is 0 Å². The van der Waals surface area contributed by atoms with Crippen molar-refractivity contribution in [1.29, 1.82) is 0 Å². The SMILES string of the molecule is C[C@@H]1CC(=O)Nc2cccc(N3CC[C@@H](C)c4cc(-c5cnn(C)c5)c(C(F)F)cc43)c2N1. The van der Waals surface area contributed by atoms with E-state index >= 15 is 0 Å². The third kappa shape index (κ3) is 3.83. The summed E-state index contributed by atoms with van der Waals surface area (Å²) < 4.78 is 30.1. The number of nitrogens with zero attached hydrogens (tertiary/aromatic N) is 3. The van der Waals surface area contributed by atoms with E-state index in [1.54, 1.807) is 30.2 Å². The van der Waals surface area contributed by atoms with E-state index in [0.717, 1.165) is 29.0 Å². The Labute approximate surface area is 191 Å². The smallest absolute Gasteiger partial charge is 0.264 e. The van der Waals surface area contributed by atoms with Crippen molar-refractivity contribution in [3.63, 3.8) is 0 Å². The maximum Gasteiger partial charge on any atom is 0.264 e. The second kappa shape index (κ2) is 8.17. The normalized spacial score (nSPS) is 20.1. The molecule has 0 fully saturated rings. The number of benzene rings is 2. The molecule has 3 heterocycles. The Balaban J connectivity index is 1.67. The van der Waals surface area contributed by atoms with E-state index in [1.807, 2.05) is 31.2 Å². The second-order valence-electron chi connectivity index (χ2n) is 9.04. The second-order valence-corrected chi connectivity index (χ2v) is 9.04. The monoisotopic (exact) mass is 451 g/mol. The lowest BCUT2D eigenvalue weighted by Gasteiger charge is -2.37. The maximum atomic E-state index is 14.2. The number of anilines is 4. The van der Waals surface area contributed by atoms with Crippen LogP contribution in [0.1, 0.15) is 50.2 Å². The highest BCUT2D eigenvalue weighted by Gasteiger charge is 2.30. The molecule has 8 heteroatoms. The number of aromatic nitrogens is 2. The number of amides is 1. The van der Waals surface area contributed by atoms with Crippen molar-refractivity contribution in [3.8, 4) is 11.1 Å². The number of aryl methyl sites for hydroxylation is 1. The first-order valence-electron chi connectivity index (χ1n) is 11.2. The van der Waals surface area contributed by atoms with Gasteiger partial charge in [0.2, 0.25) is 5.91 Å². The molecule has 0 aliphatic carbocycles. The van der Waals surface area contributed by atoms with Crippen molar-refractivity contribution < 1.29 is 13.6 Å². The van der Waals surface area contributed by atoms with Gasteiger partial charge in [-0.2, -0.15) is 5.10 Å². The quantitative estimate of drug-likeness (QED) is 0.527. The number of nitrogens with one attached hydrogen (secondary N) is 2. The molecule has 0 spiro atoms. The van der Waals surface area contributed by atoms with Crippen LogP contribution in [0.25, 0.3) is 11.1 Å². The van der Waals surface area contributed by atoms with E-state index < -0.39 is 6.43 Å². The number of alkyl halides is 2. The molecule has 3 aromatic rings. The van der Waals surface area contributed by atoms with Gasteiger partial charge in [0.25, 0.3) is 6.43 Å². The number of halogens is 2. The first-order chi connectivity index (χ1) is 15.8. The van der Waals surface area contributed by atoms with E-state index in [0.29, 0.717) is 29.8 Å². The highest BCUT2D eigenvalue weighted by Crippen LogP contribution is 2.47. The third-order valence-corrected chi connectivity index (χ3v) is 6.55. The molecule has 0 unspecified atom stereocenters. The summed E-state index contributed by atoms with van der Waals surface area (Å²) in [5.41, 5.74) is 5.45. The number of rotatable bonds is 3. The van der Waals surface area contributed by atoms with Crippen molar-refractivity contribution in [2.75, 3.05) is 22.1 Å². The summed E-state index contributed by atoms with van der Waals surface area (Å²) in [6, 6.07) is 9.24. The van der Waals surface area contributed by atoms with Crippen LogP contribution in [0, 0.1) is 0 Å². The molecule has 2 aliphatic rings. The van der Waals surface area contributed by atoms with Gasteiger partial charge < -0.3 is 15.5 Å². The van der Waals surface area contributed by atoms with Crippen molar-refractivity contribution in [1.82, 2.24) is 9.78 Å². The highest BCUT2D eigenvalue weighted by atomic mass is 19.3. The number of carbonyl (C=O) groups is 1. The average Bonchev–Trinajstić information content (AvgIpc) is 3.14. The van der Waals surface area contributed by atoms with E-state index in [9.17, 15) is 13.6 Å². The fourth-order valence-corrected chi connectivity index (χ4v) is 4.89. The van der Waals surface area contributed by atoms with Crippen molar-refractivity contribution in [2.45, 2.75) is 45.1 Å². The topological polar surface area (TPSA) is 62.2 Å². The summed E-state index contributed by atoms with van der Waals surface area (Å²) in [5.74, 6) is 0.187. The third-order valence-electron chi connectivity index (χ3n) is 6.55. The number of carbonyl (C=O) groups excluding carboxylic acids is 1. The molecule has 33 heavy (non-hydrogen) atoms. The van der Waals surface area contributed by atoms with Crippen LogP contribution in [0.2, 0.25) is 0 Å². The minimum absolute atomic E-state index is 0.00231. The van der Waals surface area contributed by atoms with Crippen LogP contribution in [0.4, 0.5) is 31.5 Å². The summed E-state index contributed by atoms with van der Waals surface area (Å²) >= 11 is 0. The molecule has 2 aromatic carbocycles. The molecule has 2 N–H and O–H groups in total. The van der Waals surface area contributed by atoms with Gasteiger partial charge in [-0.3, -0.25) is 9.48 Å². The van der Waals surface area contributed by atoms with Gasteiger partial charge in [-0.1, -0.05) is 13.0 Å². The molecule has 172 valence electrons. The fraction of sp³-hybridized carbons (Fsp3) is 0.360. The Bertz CT molecular complexity index is 1220. The highest BCUT2D eigenvalue weighted by molar-refractivity contribution is 6.00. The van der Waals surface area contributed by atoms with Crippen LogP contribution in [-0.4, -0.2) is 28.3 Å². The van der Waals surface area contributed by atoms with E-state index in [4.69, 9.17) is 0 Å². The molecule has 6 nitrogen and oxygen atoms in total. The van der Waals surface area contributed by atoms with Gasteiger partial charge in [-0.15, -0.1) is 0 Å². The summed E-state index contributed by atoms with van der Waals surface area (Å²) in [5, 5.41) is 10.6. The molecular formula is C25H27F2N5O. The molecule has 2 atom stereocenters. The van der Waals surface area contributed by atoms with Gasteiger partial charge >= 0.3 is 0 Å². The molecule has 1 aromatic heterocycles. The van der Waals surface area contributed by atoms with Gasteiger partial charge in [0.1, 0.15) is 0 Å². The standard InChI is InChI=1S/C25H27F2N5O/c1-14-7-8-32(21-6-4-5-20-24(21)29-15(2)9-23(33)30-20)22-11-19(25(26)27)18(10-17(14)22)16-12-28-31(3)13-16/h4-6,10-15,25,29H,7-9H2,1-3H3,(H,30,33)/t14-,15-/m1/s1. The van der Waals surface area contributed by atoms with Crippen LogP contribution in [0.15, 0.2) is 42.7 Å². The van der Waals surface area contributed by atoms with Gasteiger partial charge in [0, 0.05) is 49.1 Å². The molecule has 0 radical (unpaired) electrons. The summed E-state index contributed by atoms with van der Waals surface area (Å²) in [6.07, 6.45) is 2.04. The van der Waals surface area contributed by atoms with Crippen LogP contribution in [0.3, 0.4) is 0 Å². The van der Waals surface area contributed by atoms with Crippen molar-refractivity contribution in [3.05, 3.63) is 53.9 Å². The Hall–Kier alpha value is -3.42. The zero-order valence-corrected chi connectivity index (χ0v) is 18.9. The van der Waals surface area contributed by atoms with Gasteiger partial charge in [-0.05, 0) is 54.7 Å². The number of hydrogen-bond donors (Lipinski definition) is 2. The Morgan fingerprint density at radius 1 is 1.18 bits per heavy atom. The number of hydrogen-bond acceptors (Lipinski definition) is 4. The predicted molar refractivity (Wildman–Crippen MR) is 126 cm³/mol.